The van der Waals surface area contributed by atoms with Crippen molar-refractivity contribution in [1.29, 1.82) is 0 Å². The number of rotatable bonds is 2. The number of hydrogen-bond donors (Lipinski definition) is 0. The Bertz CT molecular complexity index is 2740. The van der Waals surface area contributed by atoms with E-state index in [4.69, 9.17) is 8.83 Å². The van der Waals surface area contributed by atoms with E-state index < -0.39 is 0 Å². The molecule has 10 aromatic rings. The number of fused-ring (bicyclic) bond motifs is 13. The third-order valence-electron chi connectivity index (χ3n) is 9.25. The van der Waals surface area contributed by atoms with E-state index in [1.165, 1.54) is 43.4 Å². The second-order valence-corrected chi connectivity index (χ2v) is 11.7. The molecule has 0 unspecified atom stereocenters. The summed E-state index contributed by atoms with van der Waals surface area (Å²) in [5.41, 5.74) is 8.17. The van der Waals surface area contributed by atoms with Crippen LogP contribution in [-0.4, -0.2) is 0 Å². The van der Waals surface area contributed by atoms with Crippen molar-refractivity contribution in [2.45, 2.75) is 0 Å². The van der Waals surface area contributed by atoms with E-state index in [-0.39, 0.29) is 0 Å². The lowest BCUT2D eigenvalue weighted by molar-refractivity contribution is 0.663. The first-order valence-corrected chi connectivity index (χ1v) is 15.0. The van der Waals surface area contributed by atoms with Crippen LogP contribution in [0.25, 0.3) is 98.4 Å². The van der Waals surface area contributed by atoms with E-state index in [1.807, 2.05) is 18.2 Å². The molecule has 8 aromatic carbocycles. The van der Waals surface area contributed by atoms with Crippen molar-refractivity contribution < 1.29 is 8.83 Å². The van der Waals surface area contributed by atoms with Gasteiger partial charge in [0.25, 0.3) is 0 Å². The number of para-hydroxylation sites is 1. The zero-order valence-electron chi connectivity index (χ0n) is 23.7. The summed E-state index contributed by atoms with van der Waals surface area (Å²) in [5.74, 6) is 0. The molecule has 0 bridgehead atoms. The molecule has 0 amide bonds. The van der Waals surface area contributed by atoms with E-state index in [9.17, 15) is 0 Å². The first kappa shape index (κ1) is 23.7. The number of benzene rings is 8. The van der Waals surface area contributed by atoms with Crippen molar-refractivity contribution in [3.8, 4) is 22.3 Å². The van der Waals surface area contributed by atoms with Gasteiger partial charge in [0.2, 0.25) is 0 Å². The predicted molar refractivity (Wildman–Crippen MR) is 184 cm³/mol. The highest BCUT2D eigenvalue weighted by Gasteiger charge is 2.16. The van der Waals surface area contributed by atoms with Gasteiger partial charge in [-0.05, 0) is 97.0 Å². The minimum Gasteiger partial charge on any atom is -0.456 e. The highest BCUT2D eigenvalue weighted by atomic mass is 16.3. The van der Waals surface area contributed by atoms with Gasteiger partial charge in [-0.2, -0.15) is 0 Å². The van der Waals surface area contributed by atoms with E-state index in [0.29, 0.717) is 0 Å². The molecule has 0 radical (unpaired) electrons. The molecule has 10 rings (SSSR count). The molecule has 0 aliphatic carbocycles. The quantitative estimate of drug-likeness (QED) is 0.197. The van der Waals surface area contributed by atoms with Gasteiger partial charge in [-0.1, -0.05) is 103 Å². The van der Waals surface area contributed by atoms with Crippen LogP contribution in [0.15, 0.2) is 154 Å². The van der Waals surface area contributed by atoms with Gasteiger partial charge in [0.05, 0.1) is 5.39 Å². The van der Waals surface area contributed by atoms with Gasteiger partial charge >= 0.3 is 0 Å². The summed E-state index contributed by atoms with van der Waals surface area (Å²) in [6, 6.07) is 52.1. The van der Waals surface area contributed by atoms with Crippen LogP contribution in [0.1, 0.15) is 0 Å². The van der Waals surface area contributed by atoms with Gasteiger partial charge in [-0.25, -0.2) is 0 Å². The molecule has 44 heavy (non-hydrogen) atoms. The zero-order chi connectivity index (χ0) is 28.8. The second kappa shape index (κ2) is 8.82. The Morgan fingerprint density at radius 3 is 1.55 bits per heavy atom. The Labute approximate surface area is 252 Å². The molecule has 0 saturated carbocycles. The fourth-order valence-corrected chi connectivity index (χ4v) is 7.19. The van der Waals surface area contributed by atoms with Crippen LogP contribution in [0.2, 0.25) is 0 Å². The van der Waals surface area contributed by atoms with E-state index >= 15 is 0 Å². The van der Waals surface area contributed by atoms with Crippen LogP contribution in [0.4, 0.5) is 0 Å². The molecular weight excluding hydrogens is 536 g/mol. The van der Waals surface area contributed by atoms with Crippen LogP contribution >= 0.6 is 0 Å². The van der Waals surface area contributed by atoms with Crippen molar-refractivity contribution in [2.75, 3.05) is 0 Å². The summed E-state index contributed by atoms with van der Waals surface area (Å²) in [6.45, 7) is 0. The highest BCUT2D eigenvalue weighted by Crippen LogP contribution is 2.41. The maximum Gasteiger partial charge on any atom is 0.147 e. The summed E-state index contributed by atoms with van der Waals surface area (Å²) in [7, 11) is 0. The van der Waals surface area contributed by atoms with Gasteiger partial charge in [0, 0.05) is 16.2 Å². The van der Waals surface area contributed by atoms with Gasteiger partial charge in [0.15, 0.2) is 0 Å². The molecule has 204 valence electrons. The number of hydrogen-bond acceptors (Lipinski definition) is 2. The smallest absolute Gasteiger partial charge is 0.147 e. The highest BCUT2D eigenvalue weighted by molar-refractivity contribution is 6.26. The predicted octanol–water partition coefficient (Wildman–Crippen LogP) is 12.3. The van der Waals surface area contributed by atoms with Crippen LogP contribution < -0.4 is 0 Å². The summed E-state index contributed by atoms with van der Waals surface area (Å²) in [6.07, 6.45) is 0. The monoisotopic (exact) mass is 560 g/mol. The van der Waals surface area contributed by atoms with Gasteiger partial charge in [0.1, 0.15) is 22.3 Å². The Kier molecular flexibility index (Phi) is 4.75. The van der Waals surface area contributed by atoms with Crippen molar-refractivity contribution in [3.63, 3.8) is 0 Å². The average Bonchev–Trinajstić information content (AvgIpc) is 3.66. The molecule has 2 heterocycles. The Hall–Kier alpha value is -5.86. The molecule has 0 atom stereocenters. The summed E-state index contributed by atoms with van der Waals surface area (Å²) < 4.78 is 12.7. The molecule has 0 N–H and O–H groups in total. The molecule has 0 spiro atoms. The molecule has 0 saturated heterocycles. The topological polar surface area (TPSA) is 26.3 Å². The van der Waals surface area contributed by atoms with E-state index in [2.05, 4.69) is 127 Å². The van der Waals surface area contributed by atoms with Crippen LogP contribution in [-0.2, 0) is 0 Å². The largest absolute Gasteiger partial charge is 0.456 e. The van der Waals surface area contributed by atoms with Crippen LogP contribution in [0.5, 0.6) is 0 Å². The van der Waals surface area contributed by atoms with Crippen molar-refractivity contribution >= 4 is 76.2 Å². The fraction of sp³-hybridized carbons (Fsp3) is 0. The normalized spacial score (nSPS) is 12.1. The first-order chi connectivity index (χ1) is 21.8. The maximum absolute atomic E-state index is 6.57. The Balaban J connectivity index is 1.12. The van der Waals surface area contributed by atoms with Crippen molar-refractivity contribution in [2.24, 2.45) is 0 Å². The molecule has 2 heteroatoms. The average molecular weight is 561 g/mol. The molecule has 0 aliphatic heterocycles. The van der Waals surface area contributed by atoms with Gasteiger partial charge < -0.3 is 8.83 Å². The lowest BCUT2D eigenvalue weighted by Gasteiger charge is -2.12. The van der Waals surface area contributed by atoms with Gasteiger partial charge in [-0.15, -0.1) is 0 Å². The zero-order valence-corrected chi connectivity index (χ0v) is 23.7. The molecule has 2 nitrogen and oxygen atoms in total. The van der Waals surface area contributed by atoms with Crippen molar-refractivity contribution in [1.82, 2.24) is 0 Å². The summed E-state index contributed by atoms with van der Waals surface area (Å²) in [4.78, 5) is 0. The fourth-order valence-electron chi connectivity index (χ4n) is 7.19. The molecular formula is C42H24O2. The van der Waals surface area contributed by atoms with Gasteiger partial charge in [-0.3, -0.25) is 0 Å². The van der Waals surface area contributed by atoms with Crippen LogP contribution in [0, 0.1) is 0 Å². The minimum absolute atomic E-state index is 0.849. The van der Waals surface area contributed by atoms with Crippen molar-refractivity contribution in [3.05, 3.63) is 146 Å². The summed E-state index contributed by atoms with van der Waals surface area (Å²) >= 11 is 0. The first-order valence-electron chi connectivity index (χ1n) is 15.0. The Morgan fingerprint density at radius 2 is 0.818 bits per heavy atom. The van der Waals surface area contributed by atoms with Crippen LogP contribution in [0.3, 0.4) is 0 Å². The van der Waals surface area contributed by atoms with E-state index in [0.717, 1.165) is 55.0 Å². The second-order valence-electron chi connectivity index (χ2n) is 11.7. The third kappa shape index (κ3) is 3.31. The molecule has 0 fully saturated rings. The Morgan fingerprint density at radius 1 is 0.273 bits per heavy atom. The summed E-state index contributed by atoms with van der Waals surface area (Å²) in [5, 5.41) is 12.1. The SMILES string of the molecule is c1cc(-c2ccc3c(c2)oc2c3ccc3oc4ccccc4c32)cc(-c2ccc3c4ccccc4c4ccccc4c3c2)c1. The lowest BCUT2D eigenvalue weighted by Crippen LogP contribution is -1.85. The maximum atomic E-state index is 6.57. The standard InChI is InChI=1S/C42H24O2/c1-2-12-31-29(10-1)30-11-3-4-13-32(30)37-23-27(16-18-33(31)37)25-8-7-9-26(22-25)28-17-19-34-35-20-21-39-41(42(35)44-40(34)24-28)36-14-5-6-15-38(36)43-39/h1-24H. The molecule has 2 aromatic heterocycles. The minimum atomic E-state index is 0.849. The number of furan rings is 2. The third-order valence-corrected chi connectivity index (χ3v) is 9.25. The lowest BCUT2D eigenvalue weighted by atomic mass is 9.91. The van der Waals surface area contributed by atoms with E-state index in [1.54, 1.807) is 0 Å². The molecule has 0 aliphatic rings.